The van der Waals surface area contributed by atoms with Gasteiger partial charge in [0.15, 0.2) is 0 Å². The smallest absolute Gasteiger partial charge is 0.243 e. The fourth-order valence-corrected chi connectivity index (χ4v) is 9.91. The number of aryl methyl sites for hydroxylation is 1. The van der Waals surface area contributed by atoms with E-state index in [0.717, 1.165) is 61.8 Å². The van der Waals surface area contributed by atoms with Gasteiger partial charge in [0, 0.05) is 31.2 Å². The minimum Gasteiger partial charge on any atom is -0.341 e. The number of fused-ring (bicyclic) bond motifs is 3. The van der Waals surface area contributed by atoms with Crippen LogP contribution in [0.1, 0.15) is 89.1 Å². The molecule has 2 aromatic carbocycles. The fourth-order valence-electron chi connectivity index (χ4n) is 8.83. The summed E-state index contributed by atoms with van der Waals surface area (Å²) in [5.74, 6) is 0.693. The molecule has 2 bridgehead atoms. The number of carbonyl (C=O) groups excluding carboxylic acids is 1. The van der Waals surface area contributed by atoms with Crippen molar-refractivity contribution in [3.8, 4) is 0 Å². The number of nitrogens with one attached hydrogen (secondary N) is 1. The number of nitrogens with zero attached hydrogens (tertiary/aromatic N) is 4. The first kappa shape index (κ1) is 32.1. The largest absolute Gasteiger partial charge is 0.341 e. The van der Waals surface area contributed by atoms with Crippen LogP contribution in [0.15, 0.2) is 48.5 Å². The average Bonchev–Trinajstić information content (AvgIpc) is 3.48. The van der Waals surface area contributed by atoms with Crippen LogP contribution in [-0.2, 0) is 20.2 Å². The van der Waals surface area contributed by atoms with E-state index in [1.165, 1.54) is 24.4 Å². The summed E-state index contributed by atoms with van der Waals surface area (Å²) in [6.45, 7) is 7.81. The molecule has 3 saturated heterocycles. The Kier molecular flexibility index (Phi) is 8.86. The fraction of sp³-hybridized carbons (Fsp3) is 0.600. The minimum absolute atomic E-state index is 0.159. The Morgan fingerprint density at radius 1 is 1.02 bits per heavy atom. The Morgan fingerprint density at radius 3 is 2.31 bits per heavy atom. The summed E-state index contributed by atoms with van der Waals surface area (Å²) in [5.41, 5.74) is 1.89. The molecule has 4 heterocycles. The summed E-state index contributed by atoms with van der Waals surface area (Å²) < 4.78 is 44.1. The molecule has 1 amide bonds. The molecule has 3 aromatic rings. The van der Waals surface area contributed by atoms with E-state index in [1.807, 2.05) is 24.8 Å². The van der Waals surface area contributed by atoms with Gasteiger partial charge in [-0.05, 0) is 106 Å². The second-order valence-electron chi connectivity index (χ2n) is 13.8. The number of para-hydroxylation sites is 2. The third kappa shape index (κ3) is 6.17. The molecule has 0 aliphatic carbocycles. The molecule has 1 N–H and O–H groups in total. The van der Waals surface area contributed by atoms with Crippen LogP contribution >= 0.6 is 0 Å². The Morgan fingerprint density at radius 2 is 1.69 bits per heavy atom. The summed E-state index contributed by atoms with van der Waals surface area (Å²) in [7, 11) is -3.57. The van der Waals surface area contributed by atoms with Crippen LogP contribution in [0.4, 0.5) is 4.39 Å². The second kappa shape index (κ2) is 12.4. The number of sulfonamides is 1. The number of carbonyl (C=O) groups is 1. The van der Waals surface area contributed by atoms with Crippen LogP contribution in [0, 0.1) is 12.7 Å². The number of piperidine rings is 2. The van der Waals surface area contributed by atoms with Crippen molar-refractivity contribution < 1.29 is 17.6 Å². The number of hydrogen-bond donors (Lipinski definition) is 1. The van der Waals surface area contributed by atoms with E-state index in [-0.39, 0.29) is 17.1 Å². The zero-order chi connectivity index (χ0) is 32.0. The maximum Gasteiger partial charge on any atom is 0.243 e. The molecule has 0 saturated carbocycles. The lowest BCUT2D eigenvalue weighted by Crippen LogP contribution is -2.60. The molecule has 0 spiro atoms. The SMILES string of the molecule is CCC(CC)(NS(C)(=O)=O)C(=O)N1CCC(CCN2[C@@H]3CC[C@H]2CC(n2c(C)nc4ccccc42)C3)(c2cccc(F)c2)CC1. The molecule has 3 atom stereocenters. The lowest BCUT2D eigenvalue weighted by atomic mass is 9.70. The number of imidazole rings is 1. The predicted octanol–water partition coefficient (Wildman–Crippen LogP) is 5.71. The maximum absolute atomic E-state index is 14.6. The Labute approximate surface area is 267 Å². The van der Waals surface area contributed by atoms with Gasteiger partial charge in [-0.2, -0.15) is 4.72 Å². The molecule has 10 heteroatoms. The van der Waals surface area contributed by atoms with Gasteiger partial charge in [-0.15, -0.1) is 0 Å². The first-order valence-electron chi connectivity index (χ1n) is 16.7. The summed E-state index contributed by atoms with van der Waals surface area (Å²) in [6, 6.07) is 16.9. The van der Waals surface area contributed by atoms with E-state index >= 15 is 0 Å². The van der Waals surface area contributed by atoms with Gasteiger partial charge in [0.25, 0.3) is 0 Å². The van der Waals surface area contributed by atoms with Crippen molar-refractivity contribution in [3.63, 3.8) is 0 Å². The highest BCUT2D eigenvalue weighted by molar-refractivity contribution is 7.88. The van der Waals surface area contributed by atoms with Crippen LogP contribution in [0.25, 0.3) is 11.0 Å². The van der Waals surface area contributed by atoms with Gasteiger partial charge >= 0.3 is 0 Å². The lowest BCUT2D eigenvalue weighted by molar-refractivity contribution is -0.139. The first-order valence-corrected chi connectivity index (χ1v) is 18.6. The Hall–Kier alpha value is -2.82. The highest BCUT2D eigenvalue weighted by Gasteiger charge is 2.46. The molecule has 3 aliphatic rings. The maximum atomic E-state index is 14.6. The Bertz CT molecular complexity index is 1630. The van der Waals surface area contributed by atoms with Crippen LogP contribution < -0.4 is 4.72 Å². The number of amides is 1. The summed E-state index contributed by atoms with van der Waals surface area (Å²) >= 11 is 0. The highest BCUT2D eigenvalue weighted by Crippen LogP contribution is 2.45. The summed E-state index contributed by atoms with van der Waals surface area (Å²) in [6.07, 6.45) is 8.83. The van der Waals surface area contributed by atoms with Gasteiger partial charge in [0.1, 0.15) is 17.2 Å². The predicted molar refractivity (Wildman–Crippen MR) is 176 cm³/mol. The van der Waals surface area contributed by atoms with Crippen LogP contribution in [0.2, 0.25) is 0 Å². The third-order valence-corrected chi connectivity index (χ3v) is 12.0. The molecule has 8 nitrogen and oxygen atoms in total. The monoisotopic (exact) mass is 637 g/mol. The van der Waals surface area contributed by atoms with Crippen molar-refractivity contribution in [2.45, 2.75) is 108 Å². The summed E-state index contributed by atoms with van der Waals surface area (Å²) in [4.78, 5) is 23.2. The van der Waals surface area contributed by atoms with E-state index < -0.39 is 15.6 Å². The molecule has 6 rings (SSSR count). The van der Waals surface area contributed by atoms with Gasteiger partial charge < -0.3 is 9.47 Å². The highest BCUT2D eigenvalue weighted by atomic mass is 32.2. The van der Waals surface area contributed by atoms with Gasteiger partial charge in [-0.25, -0.2) is 17.8 Å². The number of rotatable bonds is 10. The zero-order valence-corrected chi connectivity index (χ0v) is 28.0. The standard InChI is InChI=1S/C35H48FN5O3S/c1-5-35(6-2,38-45(4,43)44)33(42)39-19-16-34(17-20-39,26-10-9-11-27(36)22-26)18-21-40-28-14-15-29(40)24-30(23-28)41-25(3)37-31-12-7-8-13-32(31)41/h7-13,22,28-30,38H,5-6,14-21,23-24H2,1-4H3/t28-,29+,30?. The number of likely N-dealkylation sites (tertiary alicyclic amines) is 1. The van der Waals surface area contributed by atoms with E-state index in [2.05, 4.69) is 45.4 Å². The van der Waals surface area contributed by atoms with Crippen LogP contribution in [0.3, 0.4) is 0 Å². The van der Waals surface area contributed by atoms with E-state index in [0.29, 0.717) is 44.1 Å². The van der Waals surface area contributed by atoms with Crippen LogP contribution in [0.5, 0.6) is 0 Å². The average molecular weight is 638 g/mol. The normalized spacial score (nSPS) is 23.9. The lowest BCUT2D eigenvalue weighted by Gasteiger charge is -2.47. The molecular formula is C35H48FN5O3S. The first-order chi connectivity index (χ1) is 21.5. The molecule has 45 heavy (non-hydrogen) atoms. The summed E-state index contributed by atoms with van der Waals surface area (Å²) in [5, 5.41) is 0. The Balaban J connectivity index is 1.19. The molecule has 0 radical (unpaired) electrons. The molecule has 1 unspecified atom stereocenters. The van der Waals surface area contributed by atoms with E-state index in [1.54, 1.807) is 12.1 Å². The molecular weight excluding hydrogens is 589 g/mol. The molecule has 1 aromatic heterocycles. The quantitative estimate of drug-likeness (QED) is 0.308. The molecule has 3 fully saturated rings. The topological polar surface area (TPSA) is 87.5 Å². The van der Waals surface area contributed by atoms with Gasteiger partial charge in [0.2, 0.25) is 15.9 Å². The molecule has 3 aliphatic heterocycles. The van der Waals surface area contributed by atoms with Gasteiger partial charge in [-0.3, -0.25) is 9.69 Å². The van der Waals surface area contributed by atoms with Crippen molar-refractivity contribution in [2.75, 3.05) is 25.9 Å². The van der Waals surface area contributed by atoms with E-state index in [9.17, 15) is 17.6 Å². The van der Waals surface area contributed by atoms with Crippen molar-refractivity contribution in [2.24, 2.45) is 0 Å². The second-order valence-corrected chi connectivity index (χ2v) is 15.5. The van der Waals surface area contributed by atoms with E-state index in [4.69, 9.17) is 4.98 Å². The third-order valence-electron chi connectivity index (χ3n) is 11.3. The number of halogens is 1. The van der Waals surface area contributed by atoms with Gasteiger partial charge in [0.05, 0.1) is 17.3 Å². The molecule has 244 valence electrons. The number of hydrogen-bond acceptors (Lipinski definition) is 5. The van der Waals surface area contributed by atoms with Crippen LogP contribution in [-0.4, -0.2) is 77.2 Å². The van der Waals surface area contributed by atoms with Crippen molar-refractivity contribution in [1.82, 2.24) is 24.1 Å². The number of benzene rings is 2. The number of aromatic nitrogens is 2. The van der Waals surface area contributed by atoms with Crippen molar-refractivity contribution in [1.29, 1.82) is 0 Å². The zero-order valence-electron chi connectivity index (χ0n) is 27.1. The van der Waals surface area contributed by atoms with Crippen molar-refractivity contribution >= 4 is 27.0 Å². The van der Waals surface area contributed by atoms with Crippen molar-refractivity contribution in [3.05, 3.63) is 65.7 Å². The minimum atomic E-state index is -3.57. The van der Waals surface area contributed by atoms with Gasteiger partial charge in [-0.1, -0.05) is 38.1 Å².